The lowest BCUT2D eigenvalue weighted by Crippen LogP contribution is -2.47. The highest BCUT2D eigenvalue weighted by atomic mass is 16.6. The summed E-state index contributed by atoms with van der Waals surface area (Å²) in [4.78, 5) is 56.4. The van der Waals surface area contributed by atoms with Crippen molar-refractivity contribution in [1.29, 1.82) is 0 Å². The van der Waals surface area contributed by atoms with E-state index in [4.69, 9.17) is 18.9 Å². The fourth-order valence-corrected chi connectivity index (χ4v) is 3.93. The second-order valence-electron chi connectivity index (χ2n) is 15.0. The molecular formula is C32H61N3O8. The molecule has 0 rings (SSSR count). The molecule has 0 heterocycles. The van der Waals surface area contributed by atoms with Gasteiger partial charge < -0.3 is 18.9 Å². The summed E-state index contributed by atoms with van der Waals surface area (Å²) in [7, 11) is 0. The minimum absolute atomic E-state index is 0.0119. The largest absolute Gasteiger partial charge is 0.459 e. The third-order valence-corrected chi connectivity index (χ3v) is 5.38. The van der Waals surface area contributed by atoms with E-state index >= 15 is 0 Å². The molecule has 0 aromatic heterocycles. The summed E-state index contributed by atoms with van der Waals surface area (Å²) in [6, 6.07) is 0. The van der Waals surface area contributed by atoms with Crippen molar-refractivity contribution in [2.45, 2.75) is 125 Å². The van der Waals surface area contributed by atoms with Crippen molar-refractivity contribution >= 4 is 23.9 Å². The van der Waals surface area contributed by atoms with E-state index in [-0.39, 0.29) is 38.1 Å². The number of rotatable bonds is 17. The summed E-state index contributed by atoms with van der Waals surface area (Å²) in [5.74, 6) is -1.61. The Morgan fingerprint density at radius 2 is 0.651 bits per heavy atom. The lowest BCUT2D eigenvalue weighted by atomic mass is 10.2. The molecule has 0 aliphatic rings. The molecular weight excluding hydrogens is 554 g/mol. The van der Waals surface area contributed by atoms with Gasteiger partial charge in [0.2, 0.25) is 0 Å². The topological polar surface area (TPSA) is 115 Å². The molecule has 252 valence electrons. The molecule has 11 heteroatoms. The Morgan fingerprint density at radius 3 is 0.907 bits per heavy atom. The number of unbranched alkanes of at least 4 members (excludes halogenated alkanes) is 1. The van der Waals surface area contributed by atoms with Gasteiger partial charge >= 0.3 is 23.9 Å². The Hall–Kier alpha value is -2.24. The lowest BCUT2D eigenvalue weighted by Gasteiger charge is -2.31. The van der Waals surface area contributed by atoms with E-state index < -0.39 is 34.3 Å². The van der Waals surface area contributed by atoms with Crippen LogP contribution in [0.3, 0.4) is 0 Å². The molecule has 0 saturated heterocycles. The SMILES string of the molecule is CCCCN(CCN(CCN(CC(=O)OC(C)(C)C)CC(=O)OC(C)(C)C)CC(=O)OC(C)(C)C)CC(=O)OC(C)(C)C. The van der Waals surface area contributed by atoms with E-state index in [9.17, 15) is 19.2 Å². The number of hydrogen-bond donors (Lipinski definition) is 0. The quantitative estimate of drug-likeness (QED) is 0.174. The van der Waals surface area contributed by atoms with E-state index in [1.807, 2.05) is 51.3 Å². The smallest absolute Gasteiger partial charge is 0.320 e. The van der Waals surface area contributed by atoms with Crippen molar-refractivity contribution in [1.82, 2.24) is 14.7 Å². The van der Waals surface area contributed by atoms with Gasteiger partial charge in [0, 0.05) is 26.2 Å². The van der Waals surface area contributed by atoms with Crippen LogP contribution in [-0.2, 0) is 38.1 Å². The third-order valence-electron chi connectivity index (χ3n) is 5.38. The molecule has 0 N–H and O–H groups in total. The number of esters is 4. The summed E-state index contributed by atoms with van der Waals surface area (Å²) in [5.41, 5.74) is -2.57. The van der Waals surface area contributed by atoms with Crippen LogP contribution in [0.15, 0.2) is 0 Å². The molecule has 0 spiro atoms. The number of hydrogen-bond acceptors (Lipinski definition) is 11. The fraction of sp³-hybridized carbons (Fsp3) is 0.875. The molecule has 0 saturated carbocycles. The monoisotopic (exact) mass is 615 g/mol. The van der Waals surface area contributed by atoms with E-state index in [2.05, 4.69) is 6.92 Å². The molecule has 0 aromatic carbocycles. The molecule has 0 atom stereocenters. The van der Waals surface area contributed by atoms with E-state index in [0.29, 0.717) is 32.7 Å². The van der Waals surface area contributed by atoms with Gasteiger partial charge in [-0.15, -0.1) is 0 Å². The van der Waals surface area contributed by atoms with Crippen molar-refractivity contribution in [3.8, 4) is 0 Å². The van der Waals surface area contributed by atoms with Gasteiger partial charge in [-0.3, -0.25) is 33.9 Å². The average molecular weight is 616 g/mol. The maximum atomic E-state index is 12.8. The Morgan fingerprint density at radius 1 is 0.419 bits per heavy atom. The summed E-state index contributed by atoms with van der Waals surface area (Å²) < 4.78 is 22.1. The first-order chi connectivity index (χ1) is 19.4. The molecule has 0 fully saturated rings. The fourth-order valence-electron chi connectivity index (χ4n) is 3.93. The van der Waals surface area contributed by atoms with E-state index in [0.717, 1.165) is 12.8 Å². The predicted molar refractivity (Wildman–Crippen MR) is 168 cm³/mol. The van der Waals surface area contributed by atoms with E-state index in [1.165, 1.54) is 0 Å². The maximum Gasteiger partial charge on any atom is 0.320 e. The van der Waals surface area contributed by atoms with Gasteiger partial charge in [0.25, 0.3) is 0 Å². The molecule has 43 heavy (non-hydrogen) atoms. The van der Waals surface area contributed by atoms with Crippen molar-refractivity contribution < 1.29 is 38.1 Å². The summed E-state index contributed by atoms with van der Waals surface area (Å²) >= 11 is 0. The Kier molecular flexibility index (Phi) is 17.0. The normalized spacial score (nSPS) is 12.9. The highest BCUT2D eigenvalue weighted by molar-refractivity contribution is 5.75. The predicted octanol–water partition coefficient (Wildman–Crippen LogP) is 4.06. The Balaban J connectivity index is 5.79. The zero-order valence-electron chi connectivity index (χ0n) is 29.4. The second kappa shape index (κ2) is 17.9. The summed E-state index contributed by atoms with van der Waals surface area (Å²) in [6.45, 7) is 26.0. The lowest BCUT2D eigenvalue weighted by molar-refractivity contribution is -0.161. The van der Waals surface area contributed by atoms with Gasteiger partial charge in [-0.1, -0.05) is 13.3 Å². The van der Waals surface area contributed by atoms with Gasteiger partial charge in [-0.2, -0.15) is 0 Å². The van der Waals surface area contributed by atoms with Crippen LogP contribution < -0.4 is 0 Å². The second-order valence-corrected chi connectivity index (χ2v) is 15.0. The van der Waals surface area contributed by atoms with E-state index in [1.54, 1.807) is 46.4 Å². The van der Waals surface area contributed by atoms with Crippen LogP contribution in [0, 0.1) is 0 Å². The number of ether oxygens (including phenoxy) is 4. The van der Waals surface area contributed by atoms with Gasteiger partial charge in [0.05, 0.1) is 26.2 Å². The van der Waals surface area contributed by atoms with Crippen molar-refractivity contribution in [3.05, 3.63) is 0 Å². The Bertz CT molecular complexity index is 849. The first-order valence-corrected chi connectivity index (χ1v) is 15.4. The van der Waals surface area contributed by atoms with Crippen LogP contribution in [0.1, 0.15) is 103 Å². The van der Waals surface area contributed by atoms with Crippen LogP contribution in [-0.4, -0.2) is 120 Å². The minimum atomic E-state index is -0.673. The molecule has 0 aliphatic heterocycles. The molecule has 0 radical (unpaired) electrons. The van der Waals surface area contributed by atoms with Gasteiger partial charge in [-0.25, -0.2) is 0 Å². The van der Waals surface area contributed by atoms with Crippen LogP contribution in [0.5, 0.6) is 0 Å². The zero-order valence-corrected chi connectivity index (χ0v) is 29.4. The van der Waals surface area contributed by atoms with Gasteiger partial charge in [-0.05, 0) is 96.1 Å². The van der Waals surface area contributed by atoms with Crippen molar-refractivity contribution in [2.75, 3.05) is 58.9 Å². The number of carbonyl (C=O) groups is 4. The molecule has 0 amide bonds. The molecule has 0 aromatic rings. The first-order valence-electron chi connectivity index (χ1n) is 15.4. The van der Waals surface area contributed by atoms with Gasteiger partial charge in [0.1, 0.15) is 22.4 Å². The highest BCUT2D eigenvalue weighted by Gasteiger charge is 2.26. The molecule has 0 bridgehead atoms. The first kappa shape index (κ1) is 40.8. The molecule has 0 unspecified atom stereocenters. The maximum absolute atomic E-state index is 12.8. The van der Waals surface area contributed by atoms with Crippen molar-refractivity contribution in [3.63, 3.8) is 0 Å². The van der Waals surface area contributed by atoms with Crippen molar-refractivity contribution in [2.24, 2.45) is 0 Å². The van der Waals surface area contributed by atoms with Crippen LogP contribution >= 0.6 is 0 Å². The number of nitrogens with zero attached hydrogens (tertiary/aromatic N) is 3. The van der Waals surface area contributed by atoms with Crippen LogP contribution in [0.4, 0.5) is 0 Å². The molecule has 11 nitrogen and oxygen atoms in total. The Labute approximate surface area is 260 Å². The average Bonchev–Trinajstić information content (AvgIpc) is 2.73. The van der Waals surface area contributed by atoms with Gasteiger partial charge in [0.15, 0.2) is 0 Å². The minimum Gasteiger partial charge on any atom is -0.459 e. The summed E-state index contributed by atoms with van der Waals surface area (Å²) in [6.07, 6.45) is 1.88. The zero-order chi connectivity index (χ0) is 33.6. The standard InChI is InChI=1S/C32H61N3O8/c1-14-15-16-33(21-25(36)40-29(2,3)4)17-18-34(22-26(37)41-30(5,6)7)19-20-35(23-27(38)42-31(8,9)10)24-28(39)43-32(11,12)13/h14-24H2,1-13H3. The number of carbonyl (C=O) groups excluding carboxylic acids is 4. The van der Waals surface area contributed by atoms with Crippen LogP contribution in [0.2, 0.25) is 0 Å². The summed E-state index contributed by atoms with van der Waals surface area (Å²) in [5, 5.41) is 0. The third kappa shape index (κ3) is 24.9. The van der Waals surface area contributed by atoms with Crippen LogP contribution in [0.25, 0.3) is 0 Å². The highest BCUT2D eigenvalue weighted by Crippen LogP contribution is 2.12. The molecule has 0 aliphatic carbocycles.